The van der Waals surface area contributed by atoms with Crippen molar-refractivity contribution in [3.63, 3.8) is 0 Å². The Bertz CT molecular complexity index is 1060. The Balaban J connectivity index is 1.96. The predicted octanol–water partition coefficient (Wildman–Crippen LogP) is 2.80. The minimum Gasteiger partial charge on any atom is -0.399 e. The normalized spacial score (nSPS) is 11.7. The summed E-state index contributed by atoms with van der Waals surface area (Å²) in [7, 11) is -8.58. The Hall–Kier alpha value is -3.04. The first kappa shape index (κ1) is 18.7. The van der Waals surface area contributed by atoms with Gasteiger partial charge < -0.3 is 14.1 Å². The van der Waals surface area contributed by atoms with Crippen LogP contribution in [-0.4, -0.2) is 16.8 Å². The third kappa shape index (κ3) is 4.57. The molecule has 9 heteroatoms. The molecule has 2 N–H and O–H groups in total. The van der Waals surface area contributed by atoms with Gasteiger partial charge in [-0.3, -0.25) is 0 Å². The lowest BCUT2D eigenvalue weighted by Gasteiger charge is -2.11. The molecule has 0 unspecified atom stereocenters. The van der Waals surface area contributed by atoms with Gasteiger partial charge in [0.25, 0.3) is 0 Å². The van der Waals surface area contributed by atoms with Crippen LogP contribution in [-0.2, 0) is 20.2 Å². The number of hydrogen-bond donors (Lipinski definition) is 1. The van der Waals surface area contributed by atoms with E-state index in [-0.39, 0.29) is 17.2 Å². The lowest BCUT2D eigenvalue weighted by Crippen LogP contribution is -2.14. The van der Waals surface area contributed by atoms with Gasteiger partial charge in [0, 0.05) is 5.69 Å². The van der Waals surface area contributed by atoms with Gasteiger partial charge in [0.1, 0.15) is 21.3 Å². The molecule has 0 fully saturated rings. The molecule has 140 valence electrons. The number of anilines is 1. The van der Waals surface area contributed by atoms with E-state index in [9.17, 15) is 16.8 Å². The second-order valence-corrected chi connectivity index (χ2v) is 8.53. The van der Waals surface area contributed by atoms with Gasteiger partial charge in [0.05, 0.1) is 0 Å². The van der Waals surface area contributed by atoms with Crippen molar-refractivity contribution in [1.29, 1.82) is 0 Å². The number of nitrogens with two attached hydrogens (primary N) is 1. The number of rotatable bonds is 6. The van der Waals surface area contributed by atoms with Crippen LogP contribution in [0, 0.1) is 0 Å². The van der Waals surface area contributed by atoms with Crippen molar-refractivity contribution in [2.24, 2.45) is 0 Å². The number of nitrogen functional groups attached to an aromatic ring is 1. The summed E-state index contributed by atoms with van der Waals surface area (Å²) in [6, 6.07) is 18.8. The van der Waals surface area contributed by atoms with Gasteiger partial charge in [-0.1, -0.05) is 36.4 Å². The van der Waals surface area contributed by atoms with Gasteiger partial charge in [-0.15, -0.1) is 0 Å². The van der Waals surface area contributed by atoms with Gasteiger partial charge in [-0.05, 0) is 42.5 Å². The molecule has 0 spiro atoms. The largest absolute Gasteiger partial charge is 0.399 e. The first-order chi connectivity index (χ1) is 12.8. The molecule has 0 bridgehead atoms. The van der Waals surface area contributed by atoms with E-state index in [1.807, 2.05) is 0 Å². The third-order valence-electron chi connectivity index (χ3n) is 3.38. The lowest BCUT2D eigenvalue weighted by atomic mass is 10.3. The molecule has 27 heavy (non-hydrogen) atoms. The summed E-state index contributed by atoms with van der Waals surface area (Å²) in [5.41, 5.74) is 5.63. The first-order valence-corrected chi connectivity index (χ1v) is 10.5. The second kappa shape index (κ2) is 7.29. The monoisotopic (exact) mass is 405 g/mol. The standard InChI is InChI=1S/C18H15NO6S2/c19-14-11-17(26(20,21)24-15-7-3-1-4-8-15)13-18(12-14)27(22,23)25-16-9-5-2-6-10-16/h1-13H,19H2. The highest BCUT2D eigenvalue weighted by atomic mass is 32.2. The van der Waals surface area contributed by atoms with Crippen molar-refractivity contribution in [1.82, 2.24) is 0 Å². The Morgan fingerprint density at radius 2 is 0.963 bits per heavy atom. The van der Waals surface area contributed by atoms with E-state index < -0.39 is 30.0 Å². The van der Waals surface area contributed by atoms with E-state index in [0.717, 1.165) is 18.2 Å². The van der Waals surface area contributed by atoms with Crippen LogP contribution in [0.3, 0.4) is 0 Å². The number of benzene rings is 3. The van der Waals surface area contributed by atoms with Crippen LogP contribution in [0.25, 0.3) is 0 Å². The third-order valence-corrected chi connectivity index (χ3v) is 5.83. The zero-order chi connectivity index (χ0) is 19.5. The molecule has 0 aliphatic carbocycles. The predicted molar refractivity (Wildman–Crippen MR) is 99.4 cm³/mol. The molecule has 0 heterocycles. The number of para-hydroxylation sites is 2. The molecular formula is C18H15NO6S2. The minimum absolute atomic E-state index is 0.0667. The first-order valence-electron chi connectivity index (χ1n) is 7.66. The van der Waals surface area contributed by atoms with E-state index >= 15 is 0 Å². The molecule has 7 nitrogen and oxygen atoms in total. The fourth-order valence-electron chi connectivity index (χ4n) is 2.18. The van der Waals surface area contributed by atoms with Gasteiger partial charge in [-0.2, -0.15) is 16.8 Å². The molecule has 0 aromatic heterocycles. The van der Waals surface area contributed by atoms with Crippen LogP contribution in [0.15, 0.2) is 88.7 Å². The van der Waals surface area contributed by atoms with Crippen LogP contribution >= 0.6 is 0 Å². The molecule has 0 radical (unpaired) electrons. The summed E-state index contributed by atoms with van der Waals surface area (Å²) in [5.74, 6) is 0.176. The molecule has 0 atom stereocenters. The second-order valence-electron chi connectivity index (χ2n) is 5.44. The van der Waals surface area contributed by atoms with Crippen LogP contribution in [0.1, 0.15) is 0 Å². The topological polar surface area (TPSA) is 113 Å². The molecule has 0 saturated carbocycles. The fourth-order valence-corrected chi connectivity index (χ4v) is 4.28. The fraction of sp³-hybridized carbons (Fsp3) is 0. The maximum atomic E-state index is 12.5. The number of hydrogen-bond acceptors (Lipinski definition) is 7. The smallest absolute Gasteiger partial charge is 0.339 e. The van der Waals surface area contributed by atoms with E-state index in [0.29, 0.717) is 0 Å². The van der Waals surface area contributed by atoms with Gasteiger partial charge >= 0.3 is 20.2 Å². The zero-order valence-electron chi connectivity index (χ0n) is 13.8. The maximum absolute atomic E-state index is 12.5. The SMILES string of the molecule is Nc1cc(S(=O)(=O)Oc2ccccc2)cc(S(=O)(=O)Oc2ccccc2)c1. The molecule has 0 saturated heterocycles. The van der Waals surface area contributed by atoms with Crippen molar-refractivity contribution in [2.45, 2.75) is 9.79 Å². The summed E-state index contributed by atoms with van der Waals surface area (Å²) in [5, 5.41) is 0. The zero-order valence-corrected chi connectivity index (χ0v) is 15.5. The molecule has 3 aromatic carbocycles. The van der Waals surface area contributed by atoms with Crippen molar-refractivity contribution < 1.29 is 25.2 Å². The van der Waals surface area contributed by atoms with Crippen molar-refractivity contribution in [3.8, 4) is 11.5 Å². The Labute approximate surface area is 157 Å². The molecule has 0 amide bonds. The van der Waals surface area contributed by atoms with E-state index in [4.69, 9.17) is 14.1 Å². The van der Waals surface area contributed by atoms with E-state index in [1.54, 1.807) is 36.4 Å². The van der Waals surface area contributed by atoms with Crippen molar-refractivity contribution >= 4 is 25.9 Å². The highest BCUT2D eigenvalue weighted by molar-refractivity contribution is 7.88. The average molecular weight is 405 g/mol. The van der Waals surface area contributed by atoms with Gasteiger partial charge in [0.2, 0.25) is 0 Å². The molecular weight excluding hydrogens is 390 g/mol. The van der Waals surface area contributed by atoms with E-state index in [1.165, 1.54) is 24.3 Å². The van der Waals surface area contributed by atoms with E-state index in [2.05, 4.69) is 0 Å². The highest BCUT2D eigenvalue weighted by Gasteiger charge is 2.24. The van der Waals surface area contributed by atoms with Crippen LogP contribution in [0.4, 0.5) is 5.69 Å². The summed E-state index contributed by atoms with van der Waals surface area (Å²) in [6.07, 6.45) is 0. The van der Waals surface area contributed by atoms with Crippen LogP contribution < -0.4 is 14.1 Å². The molecule has 3 aromatic rings. The molecule has 0 aliphatic heterocycles. The van der Waals surface area contributed by atoms with Gasteiger partial charge in [0.15, 0.2) is 0 Å². The maximum Gasteiger partial charge on any atom is 0.339 e. The lowest BCUT2D eigenvalue weighted by molar-refractivity contribution is 0.484. The molecule has 3 rings (SSSR count). The van der Waals surface area contributed by atoms with Crippen molar-refractivity contribution in [3.05, 3.63) is 78.9 Å². The molecule has 0 aliphatic rings. The quantitative estimate of drug-likeness (QED) is 0.495. The minimum atomic E-state index is -4.29. The summed E-state index contributed by atoms with van der Waals surface area (Å²) < 4.78 is 59.9. The Morgan fingerprint density at radius 3 is 1.33 bits per heavy atom. The Morgan fingerprint density at radius 1 is 0.593 bits per heavy atom. The average Bonchev–Trinajstić information content (AvgIpc) is 2.62. The highest BCUT2D eigenvalue weighted by Crippen LogP contribution is 2.26. The summed E-state index contributed by atoms with van der Waals surface area (Å²) in [4.78, 5) is -0.803. The van der Waals surface area contributed by atoms with Crippen LogP contribution in [0.5, 0.6) is 11.5 Å². The van der Waals surface area contributed by atoms with Crippen LogP contribution in [0.2, 0.25) is 0 Å². The Kier molecular flexibility index (Phi) is 5.06. The summed E-state index contributed by atoms with van der Waals surface area (Å²) in [6.45, 7) is 0. The van der Waals surface area contributed by atoms with Crippen molar-refractivity contribution in [2.75, 3.05) is 5.73 Å². The summed E-state index contributed by atoms with van der Waals surface area (Å²) >= 11 is 0. The van der Waals surface area contributed by atoms with Gasteiger partial charge in [-0.25, -0.2) is 0 Å².